The fraction of sp³-hybridized carbons (Fsp3) is 0.0476. The van der Waals surface area contributed by atoms with Crippen molar-refractivity contribution in [2.24, 2.45) is 5.10 Å². The average molecular weight is 355 g/mol. The quantitative estimate of drug-likeness (QED) is 0.419. The fourth-order valence-electron chi connectivity index (χ4n) is 2.63. The zero-order valence-electron chi connectivity index (χ0n) is 14.5. The Labute approximate surface area is 156 Å². The largest absolute Gasteiger partial charge is 0.486 e. The molecule has 0 aliphatic rings. The molecule has 0 atom stereocenters. The maximum Gasteiger partial charge on any atom is 0.176 e. The molecule has 0 radical (unpaired) electrons. The topological polar surface area (TPSA) is 72.3 Å². The number of nitrogens with zero attached hydrogens (tertiary/aromatic N) is 4. The van der Waals surface area contributed by atoms with Gasteiger partial charge in [-0.25, -0.2) is 0 Å². The molecule has 1 N–H and O–H groups in total. The van der Waals surface area contributed by atoms with Crippen molar-refractivity contribution in [3.05, 3.63) is 90.9 Å². The number of hydrazone groups is 1. The molecule has 0 saturated carbocycles. The molecular formula is C21H17N5O. The van der Waals surface area contributed by atoms with E-state index in [4.69, 9.17) is 4.74 Å². The van der Waals surface area contributed by atoms with Crippen LogP contribution in [0.25, 0.3) is 10.8 Å². The summed E-state index contributed by atoms with van der Waals surface area (Å²) in [5.41, 5.74) is 4.75. The number of pyridine rings is 1. The lowest BCUT2D eigenvalue weighted by atomic mass is 10.1. The third kappa shape index (κ3) is 4.07. The highest BCUT2D eigenvalue weighted by Gasteiger charge is 2.07. The van der Waals surface area contributed by atoms with Gasteiger partial charge in [-0.05, 0) is 12.1 Å². The lowest BCUT2D eigenvalue weighted by molar-refractivity contribution is 0.375. The molecule has 0 aliphatic heterocycles. The summed E-state index contributed by atoms with van der Waals surface area (Å²) in [5.74, 6) is 1.29. The highest BCUT2D eigenvalue weighted by molar-refractivity contribution is 6.02. The number of rotatable bonds is 6. The Hall–Kier alpha value is -3.80. The first-order valence-electron chi connectivity index (χ1n) is 8.51. The molecule has 0 bridgehead atoms. The first-order valence-corrected chi connectivity index (χ1v) is 8.51. The monoisotopic (exact) mass is 355 g/mol. The molecule has 0 fully saturated rings. The van der Waals surface area contributed by atoms with E-state index in [1.165, 1.54) is 0 Å². The number of anilines is 1. The summed E-state index contributed by atoms with van der Waals surface area (Å²) >= 11 is 0. The van der Waals surface area contributed by atoms with Gasteiger partial charge in [0.2, 0.25) is 0 Å². The van der Waals surface area contributed by atoms with Gasteiger partial charge in [-0.3, -0.25) is 10.4 Å². The van der Waals surface area contributed by atoms with E-state index in [1.54, 1.807) is 18.6 Å². The normalized spacial score (nSPS) is 11.3. The van der Waals surface area contributed by atoms with Gasteiger partial charge < -0.3 is 4.74 Å². The van der Waals surface area contributed by atoms with Gasteiger partial charge in [-0.2, -0.15) is 10.2 Å². The predicted octanol–water partition coefficient (Wildman–Crippen LogP) is 3.92. The molecule has 2 aromatic carbocycles. The minimum absolute atomic E-state index is 0.293. The van der Waals surface area contributed by atoms with E-state index < -0.39 is 0 Å². The Balaban J connectivity index is 1.61. The van der Waals surface area contributed by atoms with E-state index in [0.29, 0.717) is 18.2 Å². The van der Waals surface area contributed by atoms with Crippen LogP contribution in [0, 0.1) is 0 Å². The van der Waals surface area contributed by atoms with Crippen molar-refractivity contribution < 1.29 is 4.74 Å². The summed E-state index contributed by atoms with van der Waals surface area (Å²) in [5, 5.41) is 14.7. The Kier molecular flexibility index (Phi) is 4.97. The summed E-state index contributed by atoms with van der Waals surface area (Å²) in [6, 6.07) is 21.5. The van der Waals surface area contributed by atoms with Crippen molar-refractivity contribution >= 4 is 22.3 Å². The number of hydrogen-bond acceptors (Lipinski definition) is 6. The van der Waals surface area contributed by atoms with Gasteiger partial charge in [-0.1, -0.05) is 54.6 Å². The van der Waals surface area contributed by atoms with Crippen LogP contribution in [-0.4, -0.2) is 27.5 Å². The van der Waals surface area contributed by atoms with Gasteiger partial charge in [0.1, 0.15) is 18.1 Å². The molecular weight excluding hydrogens is 338 g/mol. The summed E-state index contributed by atoms with van der Waals surface area (Å²) in [7, 11) is 0. The molecule has 0 saturated heterocycles. The molecule has 27 heavy (non-hydrogen) atoms. The number of aromatic nitrogens is 3. The van der Waals surface area contributed by atoms with Crippen LogP contribution in [0.15, 0.2) is 90.4 Å². The highest BCUT2D eigenvalue weighted by atomic mass is 16.5. The molecule has 0 aliphatic carbocycles. The number of nitrogens with one attached hydrogen (secondary N) is 1. The van der Waals surface area contributed by atoms with Crippen LogP contribution in [0.4, 0.5) is 5.82 Å². The molecule has 6 heteroatoms. The first-order chi connectivity index (χ1) is 13.4. The lowest BCUT2D eigenvalue weighted by Crippen LogP contribution is -2.15. The van der Waals surface area contributed by atoms with Crippen molar-refractivity contribution in [1.29, 1.82) is 0 Å². The average Bonchev–Trinajstić information content (AvgIpc) is 2.75. The van der Waals surface area contributed by atoms with Crippen LogP contribution in [0.5, 0.6) is 5.75 Å². The molecule has 4 aromatic rings. The van der Waals surface area contributed by atoms with Crippen molar-refractivity contribution in [1.82, 2.24) is 15.2 Å². The van der Waals surface area contributed by atoms with Gasteiger partial charge in [0, 0.05) is 22.5 Å². The summed E-state index contributed by atoms with van der Waals surface area (Å²) in [6.45, 7) is 0.293. The predicted molar refractivity (Wildman–Crippen MR) is 106 cm³/mol. The summed E-state index contributed by atoms with van der Waals surface area (Å²) in [4.78, 5) is 4.06. The second-order valence-corrected chi connectivity index (χ2v) is 5.79. The van der Waals surface area contributed by atoms with Gasteiger partial charge in [-0.15, -0.1) is 5.10 Å². The smallest absolute Gasteiger partial charge is 0.176 e. The van der Waals surface area contributed by atoms with Crippen LogP contribution < -0.4 is 10.2 Å². The summed E-state index contributed by atoms with van der Waals surface area (Å²) in [6.07, 6.45) is 5.11. The van der Waals surface area contributed by atoms with E-state index in [9.17, 15) is 0 Å². The third-order valence-corrected chi connectivity index (χ3v) is 3.98. The number of benzene rings is 2. The van der Waals surface area contributed by atoms with Gasteiger partial charge in [0.05, 0.1) is 12.4 Å². The molecule has 0 amide bonds. The maximum absolute atomic E-state index is 5.83. The molecule has 6 nitrogen and oxygen atoms in total. The molecule has 132 valence electrons. The Morgan fingerprint density at radius 1 is 0.926 bits per heavy atom. The fourth-order valence-corrected chi connectivity index (χ4v) is 2.63. The molecule has 0 spiro atoms. The molecule has 2 heterocycles. The Morgan fingerprint density at radius 2 is 1.78 bits per heavy atom. The number of hydrogen-bond donors (Lipinski definition) is 1. The van der Waals surface area contributed by atoms with Crippen molar-refractivity contribution in [3.63, 3.8) is 0 Å². The number of fused-ring (bicyclic) bond motifs is 1. The zero-order chi connectivity index (χ0) is 18.3. The van der Waals surface area contributed by atoms with E-state index in [0.717, 1.165) is 22.0 Å². The first kappa shape index (κ1) is 16.7. The second-order valence-electron chi connectivity index (χ2n) is 5.79. The summed E-state index contributed by atoms with van der Waals surface area (Å²) < 4.78 is 5.83. The third-order valence-electron chi connectivity index (χ3n) is 3.98. The Bertz CT molecular complexity index is 1050. The van der Waals surface area contributed by atoms with Gasteiger partial charge in [0.25, 0.3) is 0 Å². The second kappa shape index (κ2) is 8.05. The van der Waals surface area contributed by atoms with Crippen LogP contribution in [0.1, 0.15) is 5.56 Å². The lowest BCUT2D eigenvalue weighted by Gasteiger charge is -2.10. The van der Waals surface area contributed by atoms with E-state index >= 15 is 0 Å². The molecule has 0 unspecified atom stereocenters. The number of ether oxygens (including phenoxy) is 1. The standard InChI is InChI=1S/C21H17N5O/c1-2-7-16(8-3-1)20(15-27-18-10-6-12-22-14-18)24-26-21-19-11-5-4-9-17(19)13-23-25-21/h1-14H,15H2,(H,25,26). The molecule has 2 aromatic heterocycles. The highest BCUT2D eigenvalue weighted by Crippen LogP contribution is 2.19. The molecule has 4 rings (SSSR count). The van der Waals surface area contributed by atoms with E-state index in [-0.39, 0.29) is 0 Å². The van der Waals surface area contributed by atoms with Gasteiger partial charge in [0.15, 0.2) is 5.82 Å². The van der Waals surface area contributed by atoms with E-state index in [1.807, 2.05) is 66.7 Å². The maximum atomic E-state index is 5.83. The minimum atomic E-state index is 0.293. The van der Waals surface area contributed by atoms with Crippen LogP contribution in [0.2, 0.25) is 0 Å². The van der Waals surface area contributed by atoms with E-state index in [2.05, 4.69) is 25.7 Å². The van der Waals surface area contributed by atoms with Crippen molar-refractivity contribution in [3.8, 4) is 5.75 Å². The van der Waals surface area contributed by atoms with Crippen LogP contribution in [0.3, 0.4) is 0 Å². The zero-order valence-corrected chi connectivity index (χ0v) is 14.5. The van der Waals surface area contributed by atoms with Gasteiger partial charge >= 0.3 is 0 Å². The van der Waals surface area contributed by atoms with Crippen LogP contribution in [-0.2, 0) is 0 Å². The minimum Gasteiger partial charge on any atom is -0.486 e. The van der Waals surface area contributed by atoms with Crippen molar-refractivity contribution in [2.45, 2.75) is 0 Å². The Morgan fingerprint density at radius 3 is 2.63 bits per heavy atom. The van der Waals surface area contributed by atoms with Crippen LogP contribution >= 0.6 is 0 Å². The SMILES string of the molecule is c1ccc(C(COc2cccnc2)=NNc2nncc3ccccc23)cc1. The van der Waals surface area contributed by atoms with Crippen molar-refractivity contribution in [2.75, 3.05) is 12.0 Å².